The molecule has 0 bridgehead atoms. The number of hydrogen-bond donors (Lipinski definition) is 2. The predicted octanol–water partition coefficient (Wildman–Crippen LogP) is 6.97. The van der Waals surface area contributed by atoms with Crippen molar-refractivity contribution >= 4 is 5.71 Å². The Bertz CT molecular complexity index is 853. The second-order valence-corrected chi connectivity index (χ2v) is 12.0. The van der Waals surface area contributed by atoms with Crippen molar-refractivity contribution in [3.63, 3.8) is 0 Å². The molecule has 3 nitrogen and oxygen atoms in total. The Morgan fingerprint density at radius 1 is 1.30 bits per heavy atom. The molecule has 0 radical (unpaired) electrons. The van der Waals surface area contributed by atoms with Gasteiger partial charge in [0.2, 0.25) is 0 Å². The fourth-order valence-corrected chi connectivity index (χ4v) is 6.63. The van der Waals surface area contributed by atoms with Gasteiger partial charge in [-0.1, -0.05) is 70.6 Å². The van der Waals surface area contributed by atoms with Gasteiger partial charge in [-0.25, -0.2) is 0 Å². The molecule has 33 heavy (non-hydrogen) atoms. The first-order valence-corrected chi connectivity index (χ1v) is 13.1. The van der Waals surface area contributed by atoms with E-state index in [0.717, 1.165) is 30.4 Å². The van der Waals surface area contributed by atoms with Crippen molar-refractivity contribution in [2.45, 2.75) is 105 Å². The molecule has 2 saturated carbocycles. The SMILES string of the molecule is C=C1/C(=C\C=C2/CCC[C@]3(C)C([C@H](C)CCCC(=NC)C(C)(C)C)=CC[C@@H]23)C[C@@H](O)C[C@@H]1O. The van der Waals surface area contributed by atoms with E-state index >= 15 is 0 Å². The Kier molecular flexibility index (Phi) is 8.28. The first kappa shape index (κ1) is 26.2. The summed E-state index contributed by atoms with van der Waals surface area (Å²) in [7, 11) is 1.93. The number of aliphatic imine (C=N–C) groups is 1. The lowest BCUT2D eigenvalue weighted by molar-refractivity contribution is 0.0862. The maximum atomic E-state index is 10.2. The third kappa shape index (κ3) is 5.80. The van der Waals surface area contributed by atoms with Gasteiger partial charge in [0.05, 0.1) is 12.2 Å². The van der Waals surface area contributed by atoms with Crippen LogP contribution in [0.5, 0.6) is 0 Å². The van der Waals surface area contributed by atoms with Crippen molar-refractivity contribution in [3.05, 3.63) is 47.1 Å². The van der Waals surface area contributed by atoms with Crippen LogP contribution in [0.2, 0.25) is 0 Å². The van der Waals surface area contributed by atoms with Crippen LogP contribution in [0.3, 0.4) is 0 Å². The Hall–Kier alpha value is -1.45. The summed E-state index contributed by atoms with van der Waals surface area (Å²) < 4.78 is 0. The molecule has 0 unspecified atom stereocenters. The maximum absolute atomic E-state index is 10.2. The number of fused-ring (bicyclic) bond motifs is 1. The van der Waals surface area contributed by atoms with E-state index in [2.05, 4.69) is 64.4 Å². The van der Waals surface area contributed by atoms with Crippen LogP contribution in [0.1, 0.15) is 92.4 Å². The second kappa shape index (κ2) is 10.4. The highest BCUT2D eigenvalue weighted by Gasteiger charge is 2.45. The molecule has 0 aromatic heterocycles. The summed E-state index contributed by atoms with van der Waals surface area (Å²) in [6, 6.07) is 0. The quantitative estimate of drug-likeness (QED) is 0.337. The van der Waals surface area contributed by atoms with Gasteiger partial charge >= 0.3 is 0 Å². The Morgan fingerprint density at radius 3 is 2.70 bits per heavy atom. The number of nitrogens with zero attached hydrogens (tertiary/aromatic N) is 1. The standard InChI is InChI=1S/C30H47NO2/c1-20(10-8-12-28(31-7)29(3,4)5)25-15-16-26-22(11-9-17-30(25,26)6)13-14-23-18-24(32)19-27(33)21(23)2/h13-15,20,24,26-27,32-33H,2,8-12,16-19H2,1,3-7H3/b22-13+,23-14-,31-28?/t20-,24-,26+,27+,30-/m1/s1. The third-order valence-corrected chi connectivity index (χ3v) is 8.59. The molecule has 0 aromatic carbocycles. The van der Waals surface area contributed by atoms with Gasteiger partial charge in [0, 0.05) is 19.2 Å². The number of rotatable bonds is 6. The number of aliphatic hydroxyl groups is 2. The van der Waals surface area contributed by atoms with Gasteiger partial charge in [-0.05, 0) is 85.2 Å². The summed E-state index contributed by atoms with van der Waals surface area (Å²) in [5, 5.41) is 20.2. The molecule has 0 aliphatic heterocycles. The smallest absolute Gasteiger partial charge is 0.0811 e. The van der Waals surface area contributed by atoms with Gasteiger partial charge in [0.25, 0.3) is 0 Å². The largest absolute Gasteiger partial charge is 0.393 e. The second-order valence-electron chi connectivity index (χ2n) is 12.0. The molecule has 2 N–H and O–H groups in total. The van der Waals surface area contributed by atoms with Gasteiger partial charge in [0.15, 0.2) is 0 Å². The first-order valence-electron chi connectivity index (χ1n) is 13.1. The van der Waals surface area contributed by atoms with E-state index in [-0.39, 0.29) is 10.8 Å². The molecule has 0 saturated heterocycles. The summed E-state index contributed by atoms with van der Waals surface area (Å²) >= 11 is 0. The molecule has 184 valence electrons. The zero-order valence-corrected chi connectivity index (χ0v) is 22.0. The van der Waals surface area contributed by atoms with Gasteiger partial charge in [0.1, 0.15) is 0 Å². The van der Waals surface area contributed by atoms with E-state index in [4.69, 9.17) is 0 Å². The maximum Gasteiger partial charge on any atom is 0.0811 e. The zero-order valence-electron chi connectivity index (χ0n) is 22.0. The van der Waals surface area contributed by atoms with Crippen molar-refractivity contribution in [2.75, 3.05) is 7.05 Å². The summed E-state index contributed by atoms with van der Waals surface area (Å²) in [5.41, 5.74) is 6.74. The van der Waals surface area contributed by atoms with Crippen LogP contribution < -0.4 is 0 Å². The van der Waals surface area contributed by atoms with E-state index in [1.54, 1.807) is 5.57 Å². The van der Waals surface area contributed by atoms with E-state index in [1.165, 1.54) is 37.0 Å². The van der Waals surface area contributed by atoms with E-state index < -0.39 is 12.2 Å². The molecule has 5 atom stereocenters. The van der Waals surface area contributed by atoms with Crippen molar-refractivity contribution in [1.82, 2.24) is 0 Å². The van der Waals surface area contributed by atoms with E-state index in [0.29, 0.717) is 24.7 Å². The Labute approximate surface area is 202 Å². The molecule has 0 aromatic rings. The third-order valence-electron chi connectivity index (χ3n) is 8.59. The van der Waals surface area contributed by atoms with Crippen molar-refractivity contribution in [2.24, 2.45) is 27.7 Å². The predicted molar refractivity (Wildman–Crippen MR) is 141 cm³/mol. The highest BCUT2D eigenvalue weighted by molar-refractivity contribution is 5.89. The molecule has 3 aliphatic rings. The number of hydrogen-bond acceptors (Lipinski definition) is 3. The summed E-state index contributed by atoms with van der Waals surface area (Å²) in [5.74, 6) is 1.19. The fourth-order valence-electron chi connectivity index (χ4n) is 6.63. The van der Waals surface area contributed by atoms with Crippen molar-refractivity contribution in [1.29, 1.82) is 0 Å². The molecule has 0 spiro atoms. The van der Waals surface area contributed by atoms with Gasteiger partial charge in [-0.15, -0.1) is 0 Å². The summed E-state index contributed by atoms with van der Waals surface area (Å²) in [6.45, 7) is 15.8. The normalized spacial score (nSPS) is 34.5. The van der Waals surface area contributed by atoms with Crippen LogP contribution >= 0.6 is 0 Å². The minimum Gasteiger partial charge on any atom is -0.393 e. The molecule has 3 rings (SSSR count). The van der Waals surface area contributed by atoms with E-state index in [9.17, 15) is 10.2 Å². The lowest BCUT2D eigenvalue weighted by Gasteiger charge is -2.42. The van der Waals surface area contributed by atoms with Crippen LogP contribution in [0.4, 0.5) is 0 Å². The number of aliphatic hydroxyl groups excluding tert-OH is 2. The highest BCUT2D eigenvalue weighted by atomic mass is 16.3. The van der Waals surface area contributed by atoms with Gasteiger partial charge in [-0.2, -0.15) is 0 Å². The highest BCUT2D eigenvalue weighted by Crippen LogP contribution is 2.57. The molecule has 2 fully saturated rings. The average Bonchev–Trinajstić information content (AvgIpc) is 3.09. The fraction of sp³-hybridized carbons (Fsp3) is 0.700. The Balaban J connectivity index is 1.68. The van der Waals surface area contributed by atoms with Crippen LogP contribution in [0.25, 0.3) is 0 Å². The zero-order chi connectivity index (χ0) is 24.4. The lowest BCUT2D eigenvalue weighted by Crippen LogP contribution is -2.32. The summed E-state index contributed by atoms with van der Waals surface area (Å²) in [6.07, 6.45) is 15.2. The topological polar surface area (TPSA) is 52.8 Å². The monoisotopic (exact) mass is 453 g/mol. The van der Waals surface area contributed by atoms with Crippen LogP contribution in [-0.4, -0.2) is 35.2 Å². The number of allylic oxidation sites excluding steroid dienone is 5. The van der Waals surface area contributed by atoms with Crippen molar-refractivity contribution < 1.29 is 10.2 Å². The summed E-state index contributed by atoms with van der Waals surface area (Å²) in [4.78, 5) is 4.57. The average molecular weight is 454 g/mol. The molecule has 0 heterocycles. The molecule has 0 amide bonds. The van der Waals surface area contributed by atoms with Gasteiger partial charge < -0.3 is 10.2 Å². The van der Waals surface area contributed by atoms with Gasteiger partial charge in [-0.3, -0.25) is 4.99 Å². The van der Waals surface area contributed by atoms with Crippen molar-refractivity contribution in [3.8, 4) is 0 Å². The lowest BCUT2D eigenvalue weighted by atomic mass is 9.62. The minimum absolute atomic E-state index is 0.162. The molecule has 3 heteroatoms. The molecule has 3 aliphatic carbocycles. The van der Waals surface area contributed by atoms with Crippen LogP contribution in [-0.2, 0) is 0 Å². The van der Waals surface area contributed by atoms with E-state index in [1.807, 2.05) is 7.05 Å². The first-order chi connectivity index (χ1) is 15.5. The molecular weight excluding hydrogens is 406 g/mol. The van der Waals surface area contributed by atoms with Crippen LogP contribution in [0.15, 0.2) is 52.1 Å². The molecular formula is C30H47NO2. The minimum atomic E-state index is -0.618. The Morgan fingerprint density at radius 2 is 2.03 bits per heavy atom. The van der Waals surface area contributed by atoms with Crippen LogP contribution in [0, 0.1) is 22.7 Å².